The van der Waals surface area contributed by atoms with Gasteiger partial charge in [0.05, 0.1) is 0 Å². The summed E-state index contributed by atoms with van der Waals surface area (Å²) in [7, 11) is 0. The first-order chi connectivity index (χ1) is 9.67. The molecule has 1 aromatic rings. The van der Waals surface area contributed by atoms with E-state index in [9.17, 15) is 0 Å². The Morgan fingerprint density at radius 2 is 2.15 bits per heavy atom. The highest BCUT2D eigenvalue weighted by molar-refractivity contribution is 6.25. The molecule has 1 aliphatic heterocycles. The molecule has 1 heterocycles. The van der Waals surface area contributed by atoms with Crippen molar-refractivity contribution in [3.63, 3.8) is 0 Å². The molecular weight excluding hydrogens is 268 g/mol. The fourth-order valence-electron chi connectivity index (χ4n) is 2.84. The summed E-state index contributed by atoms with van der Waals surface area (Å²) in [5.41, 5.74) is 3.25. The first-order valence-corrected chi connectivity index (χ1v) is 7.89. The Hall–Kier alpha value is -0.830. The van der Waals surface area contributed by atoms with E-state index in [1.54, 1.807) is 5.54 Å². The molecule has 110 valence electrons. The number of piperazine rings is 1. The van der Waals surface area contributed by atoms with Crippen LogP contribution in [0.2, 0.25) is 0 Å². The summed E-state index contributed by atoms with van der Waals surface area (Å²) in [5.74, 6) is 0. The molecule has 2 rings (SSSR count). The summed E-state index contributed by atoms with van der Waals surface area (Å²) in [6, 6.07) is 11.3. The van der Waals surface area contributed by atoms with Crippen molar-refractivity contribution in [3.8, 4) is 0 Å². The molecule has 0 spiro atoms. The molecule has 1 N–H and O–H groups in total. The molecule has 0 aromatic heterocycles. The Balaban J connectivity index is 2.06. The van der Waals surface area contributed by atoms with E-state index in [1.807, 2.05) is 6.08 Å². The average Bonchev–Trinajstić information content (AvgIpc) is 2.49. The lowest BCUT2D eigenvalue weighted by atomic mass is 9.91. The Morgan fingerprint density at radius 1 is 1.40 bits per heavy atom. The van der Waals surface area contributed by atoms with Crippen LogP contribution in [0.5, 0.6) is 0 Å². The van der Waals surface area contributed by atoms with E-state index < -0.39 is 0 Å². The van der Waals surface area contributed by atoms with Crippen molar-refractivity contribution >= 4 is 11.6 Å². The molecule has 0 amide bonds. The number of benzene rings is 1. The van der Waals surface area contributed by atoms with Gasteiger partial charge in [-0.25, -0.2) is 0 Å². The smallest absolute Gasteiger partial charge is 0.0278 e. The van der Waals surface area contributed by atoms with Gasteiger partial charge >= 0.3 is 0 Å². The molecule has 1 aliphatic rings. The normalized spacial score (nSPS) is 28.1. The van der Waals surface area contributed by atoms with Crippen LogP contribution in [0.4, 0.5) is 0 Å². The number of hydrogen-bond acceptors (Lipinski definition) is 2. The van der Waals surface area contributed by atoms with Gasteiger partial charge in [-0.15, -0.1) is 0 Å². The molecule has 1 saturated heterocycles. The van der Waals surface area contributed by atoms with Crippen LogP contribution in [0.25, 0.3) is 0 Å². The number of nitrogens with zero attached hydrogens (tertiary/aromatic N) is 1. The van der Waals surface area contributed by atoms with Crippen molar-refractivity contribution in [1.29, 1.82) is 0 Å². The van der Waals surface area contributed by atoms with Crippen molar-refractivity contribution in [1.82, 2.24) is 10.2 Å². The highest BCUT2D eigenvalue weighted by Gasteiger charge is 2.33. The van der Waals surface area contributed by atoms with Crippen LogP contribution in [0.3, 0.4) is 0 Å². The van der Waals surface area contributed by atoms with Crippen LogP contribution >= 0.6 is 11.6 Å². The second kappa shape index (κ2) is 7.26. The van der Waals surface area contributed by atoms with Crippen molar-refractivity contribution in [2.24, 2.45) is 0 Å². The molecule has 2 atom stereocenters. The SMILES string of the molecule is CCC1(C)CN(C/C=C/Cl)C(Cc2ccccc2)CN1. The molecule has 0 radical (unpaired) electrons. The van der Waals surface area contributed by atoms with Gasteiger partial charge in [-0.05, 0) is 25.3 Å². The second-order valence-corrected chi connectivity index (χ2v) is 6.18. The average molecular weight is 293 g/mol. The number of hydrogen-bond donors (Lipinski definition) is 1. The van der Waals surface area contributed by atoms with Crippen LogP contribution in [-0.4, -0.2) is 36.1 Å². The predicted molar refractivity (Wildman–Crippen MR) is 87.2 cm³/mol. The quantitative estimate of drug-likeness (QED) is 0.894. The molecular formula is C17H25ClN2. The van der Waals surface area contributed by atoms with Crippen LogP contribution in [-0.2, 0) is 6.42 Å². The van der Waals surface area contributed by atoms with E-state index in [0.29, 0.717) is 6.04 Å². The van der Waals surface area contributed by atoms with Gasteiger partial charge in [-0.3, -0.25) is 4.90 Å². The summed E-state index contributed by atoms with van der Waals surface area (Å²) in [6.07, 6.45) is 4.27. The van der Waals surface area contributed by atoms with Gasteiger partial charge in [0.15, 0.2) is 0 Å². The molecule has 0 saturated carbocycles. The van der Waals surface area contributed by atoms with E-state index in [4.69, 9.17) is 11.6 Å². The standard InChI is InChI=1S/C17H25ClN2/c1-3-17(2)14-20(11-7-10-18)16(13-19-17)12-15-8-5-4-6-9-15/h4-10,16,19H,3,11-14H2,1-2H3/b10-7+. The van der Waals surface area contributed by atoms with E-state index in [-0.39, 0.29) is 5.54 Å². The van der Waals surface area contributed by atoms with Crippen molar-refractivity contribution < 1.29 is 0 Å². The van der Waals surface area contributed by atoms with Crippen LogP contribution in [0, 0.1) is 0 Å². The van der Waals surface area contributed by atoms with E-state index in [0.717, 1.165) is 32.5 Å². The van der Waals surface area contributed by atoms with Crippen molar-refractivity contribution in [3.05, 3.63) is 47.5 Å². The summed E-state index contributed by atoms with van der Waals surface area (Å²) in [5, 5.41) is 3.72. The van der Waals surface area contributed by atoms with Crippen LogP contribution in [0.1, 0.15) is 25.8 Å². The molecule has 0 bridgehead atoms. The minimum Gasteiger partial charge on any atom is -0.309 e. The third kappa shape index (κ3) is 4.08. The summed E-state index contributed by atoms with van der Waals surface area (Å²) in [4.78, 5) is 2.55. The molecule has 2 nitrogen and oxygen atoms in total. The summed E-state index contributed by atoms with van der Waals surface area (Å²) >= 11 is 5.71. The van der Waals surface area contributed by atoms with Gasteiger partial charge in [0.2, 0.25) is 0 Å². The molecule has 1 fully saturated rings. The zero-order valence-electron chi connectivity index (χ0n) is 12.5. The fraction of sp³-hybridized carbons (Fsp3) is 0.529. The lowest BCUT2D eigenvalue weighted by molar-refractivity contribution is 0.0954. The Morgan fingerprint density at radius 3 is 2.80 bits per heavy atom. The molecule has 3 heteroatoms. The maximum Gasteiger partial charge on any atom is 0.0278 e. The Bertz CT molecular complexity index is 432. The van der Waals surface area contributed by atoms with Crippen molar-refractivity contribution in [2.45, 2.75) is 38.3 Å². The van der Waals surface area contributed by atoms with Gasteiger partial charge in [0.25, 0.3) is 0 Å². The fourth-order valence-corrected chi connectivity index (χ4v) is 2.92. The summed E-state index contributed by atoms with van der Waals surface area (Å²) in [6.45, 7) is 7.60. The monoisotopic (exact) mass is 292 g/mol. The Labute approximate surface area is 127 Å². The topological polar surface area (TPSA) is 15.3 Å². The van der Waals surface area contributed by atoms with Gasteiger partial charge in [0, 0.05) is 36.8 Å². The van der Waals surface area contributed by atoms with Gasteiger partial charge < -0.3 is 5.32 Å². The van der Waals surface area contributed by atoms with Crippen molar-refractivity contribution in [2.75, 3.05) is 19.6 Å². The third-order valence-electron chi connectivity index (χ3n) is 4.36. The minimum atomic E-state index is 0.216. The molecule has 0 aliphatic carbocycles. The van der Waals surface area contributed by atoms with Gasteiger partial charge in [-0.1, -0.05) is 54.9 Å². The summed E-state index contributed by atoms with van der Waals surface area (Å²) < 4.78 is 0. The highest BCUT2D eigenvalue weighted by Crippen LogP contribution is 2.21. The third-order valence-corrected chi connectivity index (χ3v) is 4.53. The van der Waals surface area contributed by atoms with Crippen LogP contribution in [0.15, 0.2) is 41.9 Å². The highest BCUT2D eigenvalue weighted by atomic mass is 35.5. The first kappa shape index (κ1) is 15.6. The minimum absolute atomic E-state index is 0.216. The maximum atomic E-state index is 5.71. The number of halogens is 1. The van der Waals surface area contributed by atoms with Gasteiger partial charge in [-0.2, -0.15) is 0 Å². The second-order valence-electron chi connectivity index (χ2n) is 5.93. The lowest BCUT2D eigenvalue weighted by Crippen LogP contribution is -2.63. The maximum absolute atomic E-state index is 5.71. The number of rotatable bonds is 5. The van der Waals surface area contributed by atoms with E-state index in [2.05, 4.69) is 54.4 Å². The van der Waals surface area contributed by atoms with E-state index >= 15 is 0 Å². The van der Waals surface area contributed by atoms with Gasteiger partial charge in [0.1, 0.15) is 0 Å². The largest absolute Gasteiger partial charge is 0.309 e. The van der Waals surface area contributed by atoms with Crippen LogP contribution < -0.4 is 5.32 Å². The Kier molecular flexibility index (Phi) is 5.64. The van der Waals surface area contributed by atoms with E-state index in [1.165, 1.54) is 5.56 Å². The number of nitrogens with one attached hydrogen (secondary N) is 1. The molecule has 20 heavy (non-hydrogen) atoms. The lowest BCUT2D eigenvalue weighted by Gasteiger charge is -2.46. The zero-order chi connectivity index (χ0) is 14.4. The molecule has 2 unspecified atom stereocenters. The zero-order valence-corrected chi connectivity index (χ0v) is 13.2. The molecule has 1 aromatic carbocycles. The predicted octanol–water partition coefficient (Wildman–Crippen LogP) is 3.42. The first-order valence-electron chi connectivity index (χ1n) is 7.45.